The molecule has 0 saturated carbocycles. The molecule has 2 radical (unpaired) electrons. The van der Waals surface area contributed by atoms with Crippen molar-refractivity contribution in [3.8, 4) is 0 Å². The van der Waals surface area contributed by atoms with E-state index in [1.165, 1.54) is 13.1 Å². The number of aliphatic hydroxyl groups excluding tert-OH is 1. The van der Waals surface area contributed by atoms with E-state index in [-0.39, 0.29) is 36.6 Å². The minimum absolute atomic E-state index is 0. The number of alkyl halides is 2. The van der Waals surface area contributed by atoms with Crippen molar-refractivity contribution in [3.05, 3.63) is 53.2 Å². The number of allylic oxidation sites excluding steroid dienone is 2. The molecular formula is C16H23F2NOPSb. The topological polar surface area (TPSA) is 23.5 Å². The van der Waals surface area contributed by atoms with Gasteiger partial charge in [0, 0.05) is 24.5 Å². The molecule has 2 nitrogen and oxygen atoms in total. The first-order chi connectivity index (χ1) is 9.79. The summed E-state index contributed by atoms with van der Waals surface area (Å²) in [5.41, 5.74) is -0.334. The molecule has 0 aliphatic heterocycles. The van der Waals surface area contributed by atoms with Crippen molar-refractivity contribution in [3.63, 3.8) is 0 Å². The molecular weight excluding hydrogens is 413 g/mol. The van der Waals surface area contributed by atoms with Crippen LogP contribution in [0.2, 0.25) is 0 Å². The Balaban J connectivity index is 0.00000441. The number of aliphatic hydroxyl groups is 1. The van der Waals surface area contributed by atoms with Crippen molar-refractivity contribution < 1.29 is 13.9 Å². The summed E-state index contributed by atoms with van der Waals surface area (Å²) >= 11 is 0. The Labute approximate surface area is 150 Å². The second kappa shape index (κ2) is 9.65. The predicted molar refractivity (Wildman–Crippen MR) is 94.0 cm³/mol. The van der Waals surface area contributed by atoms with Crippen molar-refractivity contribution in [2.24, 2.45) is 0 Å². The zero-order valence-electron chi connectivity index (χ0n) is 13.1. The van der Waals surface area contributed by atoms with Crippen LogP contribution in [-0.4, -0.2) is 47.1 Å². The number of hydrogen-bond acceptors (Lipinski definition) is 2. The molecule has 0 aliphatic rings. The number of rotatable bonds is 6. The van der Waals surface area contributed by atoms with Gasteiger partial charge in [-0.1, -0.05) is 46.5 Å². The molecule has 6 heteroatoms. The third kappa shape index (κ3) is 6.36. The van der Waals surface area contributed by atoms with Crippen LogP contribution in [0.5, 0.6) is 0 Å². The summed E-state index contributed by atoms with van der Waals surface area (Å²) < 4.78 is 26.5. The molecule has 1 unspecified atom stereocenters. The van der Waals surface area contributed by atoms with Crippen molar-refractivity contribution in [1.82, 2.24) is 4.90 Å². The molecule has 0 bridgehead atoms. The first-order valence-corrected chi connectivity index (χ1v) is 7.36. The monoisotopic (exact) mass is 435 g/mol. The van der Waals surface area contributed by atoms with Gasteiger partial charge >= 0.3 is 24.4 Å². The first-order valence-electron chi connectivity index (χ1n) is 6.78. The van der Waals surface area contributed by atoms with E-state index < -0.39 is 5.66 Å². The molecule has 0 heterocycles. The van der Waals surface area contributed by atoms with Crippen molar-refractivity contribution in [2.45, 2.75) is 32.5 Å². The summed E-state index contributed by atoms with van der Waals surface area (Å²) in [5.74, 6) is 0. The molecule has 0 aliphatic carbocycles. The van der Waals surface area contributed by atoms with Crippen LogP contribution in [0.1, 0.15) is 31.4 Å². The minimum atomic E-state index is -2.91. The molecule has 0 aromatic heterocycles. The normalized spacial score (nSPS) is 12.9. The van der Waals surface area contributed by atoms with Gasteiger partial charge in [0.25, 0.3) is 5.66 Å². The average Bonchev–Trinajstić information content (AvgIpc) is 2.43. The Kier molecular flexibility index (Phi) is 9.46. The second-order valence-electron chi connectivity index (χ2n) is 4.90. The van der Waals surface area contributed by atoms with Gasteiger partial charge in [0.05, 0.1) is 6.61 Å². The van der Waals surface area contributed by atoms with Crippen LogP contribution in [0, 0.1) is 0 Å². The van der Waals surface area contributed by atoms with Crippen LogP contribution in [-0.2, 0) is 6.61 Å². The zero-order chi connectivity index (χ0) is 16.0. The summed E-state index contributed by atoms with van der Waals surface area (Å²) in [6.07, 6.45) is 4.22. The van der Waals surface area contributed by atoms with Crippen molar-refractivity contribution >= 4 is 39.4 Å². The summed E-state index contributed by atoms with van der Waals surface area (Å²) in [6, 6.07) is 7.41. The maximum absolute atomic E-state index is 13.2. The van der Waals surface area contributed by atoms with Gasteiger partial charge in [-0.15, -0.1) is 0 Å². The standard InChI is InChI=1S/C16H22F2NOP.Sb.H/c1-4-5-15(14-8-6-13(11-20)7-9-14)19(3)10-12(2)16(17,18)21;;/h5-10,20H,4,11,21H2,1-3H3;;/b12-10+,15-5-;;. The molecule has 0 spiro atoms. The zero-order valence-corrected chi connectivity index (χ0v) is 17.1. The van der Waals surface area contributed by atoms with E-state index >= 15 is 0 Å². The van der Waals surface area contributed by atoms with Crippen molar-refractivity contribution in [2.75, 3.05) is 7.05 Å². The van der Waals surface area contributed by atoms with Gasteiger partial charge < -0.3 is 10.0 Å². The van der Waals surface area contributed by atoms with Gasteiger partial charge in [0.15, 0.2) is 0 Å². The summed E-state index contributed by atoms with van der Waals surface area (Å²) in [6.45, 7) is 3.39. The van der Waals surface area contributed by atoms with Crippen molar-refractivity contribution in [1.29, 1.82) is 0 Å². The second-order valence-corrected chi connectivity index (χ2v) is 5.62. The molecule has 0 amide bonds. The number of nitrogens with zero attached hydrogens (tertiary/aromatic N) is 1. The van der Waals surface area contributed by atoms with E-state index in [9.17, 15) is 8.78 Å². The average molecular weight is 436 g/mol. The number of halogens is 2. The Morgan fingerprint density at radius 2 is 1.86 bits per heavy atom. The third-order valence-corrected chi connectivity index (χ3v) is 3.58. The Morgan fingerprint density at radius 3 is 2.27 bits per heavy atom. The Morgan fingerprint density at radius 1 is 1.32 bits per heavy atom. The van der Waals surface area contributed by atoms with Crippen LogP contribution in [0.15, 0.2) is 42.1 Å². The molecule has 122 valence electrons. The Hall–Kier alpha value is -0.432. The van der Waals surface area contributed by atoms with E-state index in [1.54, 1.807) is 21.2 Å². The van der Waals surface area contributed by atoms with E-state index in [0.717, 1.165) is 23.2 Å². The molecule has 22 heavy (non-hydrogen) atoms. The maximum atomic E-state index is 13.2. The predicted octanol–water partition coefficient (Wildman–Crippen LogP) is 3.58. The van der Waals surface area contributed by atoms with Gasteiger partial charge in [-0.05, 0) is 24.5 Å². The fourth-order valence-electron chi connectivity index (χ4n) is 1.89. The fourth-order valence-corrected chi connectivity index (χ4v) is 1.96. The van der Waals surface area contributed by atoms with Crippen LogP contribution in [0.3, 0.4) is 0 Å². The van der Waals surface area contributed by atoms with E-state index in [2.05, 4.69) is 0 Å². The van der Waals surface area contributed by atoms with Crippen LogP contribution in [0.25, 0.3) is 5.70 Å². The van der Waals surface area contributed by atoms with Gasteiger partial charge in [0.1, 0.15) is 0 Å². The van der Waals surface area contributed by atoms with Gasteiger partial charge in [0.2, 0.25) is 0 Å². The molecule has 0 saturated heterocycles. The number of benzene rings is 1. The Bertz CT molecular complexity index is 524. The molecule has 1 aromatic carbocycles. The molecule has 1 aromatic rings. The molecule has 1 atom stereocenters. The van der Waals surface area contributed by atoms with Crippen LogP contribution in [0.4, 0.5) is 8.78 Å². The molecule has 1 N–H and O–H groups in total. The quantitative estimate of drug-likeness (QED) is 0.545. The van der Waals surface area contributed by atoms with Gasteiger partial charge in [-0.25, -0.2) is 0 Å². The van der Waals surface area contributed by atoms with E-state index in [4.69, 9.17) is 5.11 Å². The van der Waals surface area contributed by atoms with Gasteiger partial charge in [-0.2, -0.15) is 8.78 Å². The third-order valence-electron chi connectivity index (χ3n) is 3.12. The molecule has 0 fully saturated rings. The van der Waals surface area contributed by atoms with Crippen LogP contribution < -0.4 is 0 Å². The fraction of sp³-hybridized carbons (Fsp3) is 0.375. The van der Waals surface area contributed by atoms with E-state index in [0.29, 0.717) is 0 Å². The SMILES string of the molecule is CC/C=C(/c1ccc(CO)cc1)N(C)/C=C(\C)C(F)(F)P.[SbH]. The molecule has 1 rings (SSSR count). The summed E-state index contributed by atoms with van der Waals surface area (Å²) in [7, 11) is 3.30. The summed E-state index contributed by atoms with van der Waals surface area (Å²) in [5, 5.41) is 9.07. The number of hydrogen-bond donors (Lipinski definition) is 1. The summed E-state index contributed by atoms with van der Waals surface area (Å²) in [4.78, 5) is 1.70. The van der Waals surface area contributed by atoms with E-state index in [1.807, 2.05) is 37.3 Å². The van der Waals surface area contributed by atoms with Gasteiger partial charge in [-0.3, -0.25) is 0 Å². The van der Waals surface area contributed by atoms with Crippen LogP contribution >= 0.6 is 9.24 Å². The first kappa shape index (κ1) is 21.6.